The van der Waals surface area contributed by atoms with Gasteiger partial charge in [-0.25, -0.2) is 0 Å². The second-order valence-corrected chi connectivity index (χ2v) is 2.95. The van der Waals surface area contributed by atoms with Crippen molar-refractivity contribution in [2.45, 2.75) is 24.9 Å². The predicted molar refractivity (Wildman–Crippen MR) is 60.0 cm³/mol. The minimum atomic E-state index is 0.653. The van der Waals surface area contributed by atoms with Crippen molar-refractivity contribution >= 4 is 17.7 Å². The molecule has 3 nitrogen and oxygen atoms in total. The summed E-state index contributed by atoms with van der Waals surface area (Å²) in [7, 11) is 3.30. The van der Waals surface area contributed by atoms with E-state index >= 15 is 0 Å². The van der Waals surface area contributed by atoms with E-state index < -0.39 is 0 Å². The summed E-state index contributed by atoms with van der Waals surface area (Å²) < 4.78 is 14.6. The van der Waals surface area contributed by atoms with Crippen LogP contribution in [0.15, 0.2) is 0 Å². The van der Waals surface area contributed by atoms with Gasteiger partial charge in [0.2, 0.25) is 0 Å². The van der Waals surface area contributed by atoms with E-state index in [4.69, 9.17) is 14.2 Å². The molecule has 0 aliphatic heterocycles. The molecular weight excluding hydrogens is 175 g/mol. The van der Waals surface area contributed by atoms with Crippen molar-refractivity contribution in [1.82, 2.24) is 0 Å². The molecule has 0 saturated carbocycles. The molecule has 0 saturated heterocycles. The molecule has 0 aromatic heterocycles. The molecule has 0 radical (unpaired) electrons. The second-order valence-electron chi connectivity index (χ2n) is 2.95. The fourth-order valence-electron chi connectivity index (χ4n) is 0.740. The third-order valence-corrected chi connectivity index (χ3v) is 1.57. The predicted octanol–water partition coefficient (Wildman–Crippen LogP) is 1.67. The van der Waals surface area contributed by atoms with Crippen molar-refractivity contribution in [3.05, 3.63) is 0 Å². The van der Waals surface area contributed by atoms with Gasteiger partial charge in [-0.3, -0.25) is 0 Å². The second kappa shape index (κ2) is 19.1. The Morgan fingerprint density at radius 3 is 1.64 bits per heavy atom. The van der Waals surface area contributed by atoms with Crippen molar-refractivity contribution in [1.29, 1.82) is 0 Å². The molecule has 0 rings (SSSR count). The summed E-state index contributed by atoms with van der Waals surface area (Å²) in [6.45, 7) is 4.83. The molecule has 0 heterocycles. The Kier molecular flexibility index (Phi) is 23.1. The Morgan fingerprint density at radius 1 is 0.929 bits per heavy atom. The van der Waals surface area contributed by atoms with Crippen LogP contribution in [0.3, 0.4) is 0 Å². The van der Waals surface area contributed by atoms with Gasteiger partial charge < -0.3 is 14.2 Å². The molecule has 0 spiro atoms. The van der Waals surface area contributed by atoms with E-state index in [0.29, 0.717) is 26.4 Å². The summed E-state index contributed by atoms with van der Waals surface area (Å²) in [5.74, 6) is 0. The van der Waals surface area contributed by atoms with Crippen LogP contribution in [0.2, 0.25) is 5.09 Å². The van der Waals surface area contributed by atoms with Gasteiger partial charge in [-0.1, -0.05) is 0 Å². The molecule has 0 aliphatic carbocycles. The monoisotopic (exact) mass is 198 g/mol. The molecule has 0 atom stereocenters. The Hall–Kier alpha value is 0.477. The molecule has 0 aliphatic rings. The summed E-state index contributed by atoms with van der Waals surface area (Å²) in [5, 5.41) is 1.34. The molecule has 0 amide bonds. The van der Waals surface area contributed by atoms with Crippen LogP contribution in [0, 0.1) is 0 Å². The van der Waals surface area contributed by atoms with Crippen molar-refractivity contribution in [2.24, 2.45) is 0 Å². The maximum absolute atomic E-state index is 5.06. The SMILES string of the molecule is COCCOCCOC.[Li][CH2]CCC. The van der Waals surface area contributed by atoms with Gasteiger partial charge in [0, 0.05) is 14.2 Å². The standard InChI is InChI=1S/C6H14O3.C4H9.Li/c1-7-3-5-9-6-4-8-2;1-3-4-2;/h3-6H2,1-2H3;1,3-4H2,2H3;. The van der Waals surface area contributed by atoms with Crippen LogP contribution < -0.4 is 0 Å². The number of methoxy groups -OCH3 is 2. The summed E-state index contributed by atoms with van der Waals surface area (Å²) in [4.78, 5) is 0. The van der Waals surface area contributed by atoms with Gasteiger partial charge in [0.1, 0.15) is 0 Å². The number of hydrogen-bond acceptors (Lipinski definition) is 3. The molecule has 0 fully saturated rings. The average Bonchev–Trinajstić information content (AvgIpc) is 2.20. The Bertz CT molecular complexity index is 73.8. The summed E-state index contributed by atoms with van der Waals surface area (Å²) in [5.41, 5.74) is 0. The number of rotatable bonds is 8. The van der Waals surface area contributed by atoms with Gasteiger partial charge in [-0.15, -0.1) is 0 Å². The fourth-order valence-corrected chi connectivity index (χ4v) is 0.740. The zero-order valence-electron chi connectivity index (χ0n) is 10.2. The molecule has 0 aromatic carbocycles. The van der Waals surface area contributed by atoms with Crippen molar-refractivity contribution in [3.8, 4) is 0 Å². The van der Waals surface area contributed by atoms with Crippen molar-refractivity contribution in [2.75, 3.05) is 40.6 Å². The molecule has 82 valence electrons. The first kappa shape index (κ1) is 16.9. The van der Waals surface area contributed by atoms with E-state index in [-0.39, 0.29) is 0 Å². The molecule has 0 unspecified atom stereocenters. The first-order valence-electron chi connectivity index (χ1n) is 5.39. The van der Waals surface area contributed by atoms with E-state index in [1.54, 1.807) is 14.2 Å². The third-order valence-electron chi connectivity index (χ3n) is 1.57. The van der Waals surface area contributed by atoms with E-state index in [1.165, 1.54) is 17.9 Å². The van der Waals surface area contributed by atoms with Gasteiger partial charge >= 0.3 is 42.6 Å². The van der Waals surface area contributed by atoms with Gasteiger partial charge in [0.25, 0.3) is 0 Å². The van der Waals surface area contributed by atoms with Crippen molar-refractivity contribution in [3.63, 3.8) is 0 Å². The van der Waals surface area contributed by atoms with E-state index in [0.717, 1.165) is 0 Å². The maximum atomic E-state index is 5.06. The van der Waals surface area contributed by atoms with E-state index in [2.05, 4.69) is 24.6 Å². The first-order chi connectivity index (χ1) is 6.83. The molecule has 4 heteroatoms. The number of unbranched alkanes of at least 4 members (excludes halogenated alkanes) is 1. The molecule has 0 bridgehead atoms. The fraction of sp³-hybridized carbons (Fsp3) is 1.00. The Morgan fingerprint density at radius 2 is 1.43 bits per heavy atom. The average molecular weight is 198 g/mol. The molecule has 0 N–H and O–H groups in total. The van der Waals surface area contributed by atoms with Gasteiger partial charge in [0.05, 0.1) is 26.4 Å². The zero-order chi connectivity index (χ0) is 11.1. The topological polar surface area (TPSA) is 27.7 Å². The van der Waals surface area contributed by atoms with Crippen LogP contribution in [-0.2, 0) is 14.2 Å². The van der Waals surface area contributed by atoms with Crippen LogP contribution in [0.1, 0.15) is 19.8 Å². The zero-order valence-corrected chi connectivity index (χ0v) is 10.2. The van der Waals surface area contributed by atoms with E-state index in [9.17, 15) is 0 Å². The number of ether oxygens (including phenoxy) is 3. The van der Waals surface area contributed by atoms with Crippen LogP contribution in [0.25, 0.3) is 0 Å². The minimum absolute atomic E-state index is 0.653. The third kappa shape index (κ3) is 22.9. The first-order valence-corrected chi connectivity index (χ1v) is 5.39. The number of hydrogen-bond donors (Lipinski definition) is 0. The van der Waals surface area contributed by atoms with Crippen LogP contribution in [0.5, 0.6) is 0 Å². The summed E-state index contributed by atoms with van der Waals surface area (Å²) in [6, 6.07) is 0. The quantitative estimate of drug-likeness (QED) is 0.438. The molecular formula is C10H23LiO3. The van der Waals surface area contributed by atoms with Crippen LogP contribution >= 0.6 is 0 Å². The van der Waals surface area contributed by atoms with Crippen molar-refractivity contribution < 1.29 is 14.2 Å². The normalized spacial score (nSPS) is 9.50. The van der Waals surface area contributed by atoms with Crippen LogP contribution in [0.4, 0.5) is 0 Å². The van der Waals surface area contributed by atoms with Gasteiger partial charge in [-0.2, -0.15) is 0 Å². The van der Waals surface area contributed by atoms with E-state index in [1.807, 2.05) is 0 Å². The van der Waals surface area contributed by atoms with Gasteiger partial charge in [0.15, 0.2) is 0 Å². The van der Waals surface area contributed by atoms with Crippen LogP contribution in [-0.4, -0.2) is 58.4 Å². The summed E-state index contributed by atoms with van der Waals surface area (Å²) >= 11 is 2.21. The molecule has 14 heavy (non-hydrogen) atoms. The molecule has 0 aromatic rings. The van der Waals surface area contributed by atoms with Gasteiger partial charge in [-0.05, 0) is 0 Å². The summed E-state index contributed by atoms with van der Waals surface area (Å²) in [6.07, 6.45) is 2.73. The Labute approximate surface area is 97.7 Å². The Balaban J connectivity index is 0.